The molecule has 3 aromatic carbocycles. The lowest BCUT2D eigenvalue weighted by Gasteiger charge is -2.30. The topological polar surface area (TPSA) is 296 Å². The van der Waals surface area contributed by atoms with Gasteiger partial charge in [-0.15, -0.1) is 0 Å². The fraction of sp³-hybridized carbons (Fsp3) is 0.420. The third kappa shape index (κ3) is 12.1. The fourth-order valence-corrected chi connectivity index (χ4v) is 9.18. The van der Waals surface area contributed by atoms with Gasteiger partial charge in [0, 0.05) is 43.8 Å². The van der Waals surface area contributed by atoms with Crippen LogP contribution in [0.25, 0.3) is 10.9 Å². The largest absolute Gasteiger partial charge is 0.508 e. The summed E-state index contributed by atoms with van der Waals surface area (Å²) < 4.78 is 6.49. The lowest BCUT2D eigenvalue weighted by Crippen LogP contribution is -2.60. The molecule has 1 unspecified atom stereocenters. The summed E-state index contributed by atoms with van der Waals surface area (Å²) >= 11 is 0. The number of fused-ring (bicyclic) bond motifs is 5. The van der Waals surface area contributed by atoms with Crippen molar-refractivity contribution in [2.75, 3.05) is 20.3 Å². The van der Waals surface area contributed by atoms with E-state index >= 15 is 4.79 Å². The SMILES string of the molecule is COC(=O)[C@H]1Cc2cn(c3ccccc23)[C@@H](NC(=O)[C@H](Cc2ccc(O)cc2)NC(=O)[C@@H]2CCCN2C(=O)[C@@H]2CCC(=O)N2)C(=O)NC(C(C)C)C(=O)N[C@@H](Cc2ccccc2)C(=O)N[C@H](CO)C(=O)N1. The number of rotatable bonds is 12. The van der Waals surface area contributed by atoms with Crippen LogP contribution in [0.2, 0.25) is 0 Å². The van der Waals surface area contributed by atoms with E-state index in [0.29, 0.717) is 34.0 Å². The van der Waals surface area contributed by atoms with E-state index in [1.807, 2.05) is 0 Å². The van der Waals surface area contributed by atoms with E-state index in [4.69, 9.17) is 4.74 Å². The molecule has 9 N–H and O–H groups in total. The summed E-state index contributed by atoms with van der Waals surface area (Å²) in [4.78, 5) is 127. The molecule has 71 heavy (non-hydrogen) atoms. The highest BCUT2D eigenvalue weighted by atomic mass is 16.5. The van der Waals surface area contributed by atoms with Gasteiger partial charge in [0.1, 0.15) is 48.0 Å². The minimum absolute atomic E-state index is 0.0514. The number of aromatic hydroxyl groups is 1. The molecule has 0 spiro atoms. The van der Waals surface area contributed by atoms with E-state index in [9.17, 15) is 48.6 Å². The second kappa shape index (κ2) is 22.7. The molecular formula is C50H59N9O12. The molecule has 2 bridgehead atoms. The zero-order valence-corrected chi connectivity index (χ0v) is 39.5. The quantitative estimate of drug-likeness (QED) is 0.0814. The van der Waals surface area contributed by atoms with Crippen molar-refractivity contribution in [3.63, 3.8) is 0 Å². The average molecular weight is 978 g/mol. The van der Waals surface area contributed by atoms with E-state index in [2.05, 4.69) is 37.2 Å². The van der Waals surface area contributed by atoms with Gasteiger partial charge in [-0.05, 0) is 60.1 Å². The minimum atomic E-state index is -1.69. The molecule has 21 heteroatoms. The number of aliphatic hydroxyl groups is 1. The van der Waals surface area contributed by atoms with Gasteiger partial charge in [0.2, 0.25) is 41.4 Å². The Bertz CT molecular complexity index is 2660. The zero-order valence-electron chi connectivity index (χ0n) is 39.5. The van der Waals surface area contributed by atoms with Crippen LogP contribution in [0.5, 0.6) is 5.75 Å². The predicted octanol–water partition coefficient (Wildman–Crippen LogP) is -0.482. The number of nitrogens with one attached hydrogen (secondary N) is 7. The summed E-state index contributed by atoms with van der Waals surface area (Å²) in [6.45, 7) is 2.69. The molecule has 2 saturated heterocycles. The van der Waals surface area contributed by atoms with E-state index < -0.39 is 108 Å². The first-order chi connectivity index (χ1) is 34.0. The Morgan fingerprint density at radius 1 is 0.775 bits per heavy atom. The Labute approximate surface area is 408 Å². The first-order valence-electron chi connectivity index (χ1n) is 23.6. The molecule has 4 aromatic rings. The van der Waals surface area contributed by atoms with Gasteiger partial charge >= 0.3 is 5.97 Å². The lowest BCUT2D eigenvalue weighted by atomic mass is 10.0. The monoisotopic (exact) mass is 977 g/mol. The Kier molecular flexibility index (Phi) is 16.4. The number of aromatic nitrogens is 1. The van der Waals surface area contributed by atoms with Crippen molar-refractivity contribution in [2.24, 2.45) is 5.92 Å². The first kappa shape index (κ1) is 51.1. The summed E-state index contributed by atoms with van der Waals surface area (Å²) in [5.41, 5.74) is 1.89. The maximum atomic E-state index is 15.0. The molecule has 0 saturated carbocycles. The number of ether oxygens (including phenoxy) is 1. The summed E-state index contributed by atoms with van der Waals surface area (Å²) in [5.74, 6) is -7.24. The normalized spacial score (nSPS) is 23.6. The van der Waals surface area contributed by atoms with Crippen molar-refractivity contribution in [1.82, 2.24) is 46.7 Å². The molecular weight excluding hydrogens is 919 g/mol. The van der Waals surface area contributed by atoms with Gasteiger partial charge in [0.05, 0.1) is 19.2 Å². The van der Waals surface area contributed by atoms with Crippen LogP contribution in [0.15, 0.2) is 85.1 Å². The molecule has 3 aliphatic rings. The molecule has 376 valence electrons. The van der Waals surface area contributed by atoms with Crippen LogP contribution in [0, 0.1) is 5.92 Å². The number of phenols is 1. The molecule has 3 aliphatic heterocycles. The summed E-state index contributed by atoms with van der Waals surface area (Å²) in [5, 5.41) is 39.7. The average Bonchev–Trinajstić information content (AvgIpc) is 4.12. The number of nitrogens with zero attached hydrogens (tertiary/aromatic N) is 2. The van der Waals surface area contributed by atoms with Crippen molar-refractivity contribution in [1.29, 1.82) is 0 Å². The highest BCUT2D eigenvalue weighted by Crippen LogP contribution is 2.27. The van der Waals surface area contributed by atoms with Gasteiger partial charge in [-0.25, -0.2) is 4.79 Å². The number of methoxy groups -OCH3 is 1. The van der Waals surface area contributed by atoms with Crippen LogP contribution < -0.4 is 37.2 Å². The first-order valence-corrected chi connectivity index (χ1v) is 23.6. The van der Waals surface area contributed by atoms with Crippen LogP contribution in [0.3, 0.4) is 0 Å². The molecule has 0 radical (unpaired) electrons. The van der Waals surface area contributed by atoms with Crippen molar-refractivity contribution < 1.29 is 58.1 Å². The van der Waals surface area contributed by atoms with Gasteiger partial charge in [0.25, 0.3) is 5.91 Å². The predicted molar refractivity (Wildman–Crippen MR) is 254 cm³/mol. The highest BCUT2D eigenvalue weighted by Gasteiger charge is 2.42. The van der Waals surface area contributed by atoms with E-state index in [0.717, 1.165) is 7.11 Å². The summed E-state index contributed by atoms with van der Waals surface area (Å²) in [6, 6.07) is 12.5. The second-order valence-corrected chi connectivity index (χ2v) is 18.3. The molecule has 7 rings (SSSR count). The minimum Gasteiger partial charge on any atom is -0.508 e. The number of para-hydroxylation sites is 1. The number of amides is 8. The van der Waals surface area contributed by atoms with Gasteiger partial charge in [-0.2, -0.15) is 0 Å². The number of likely N-dealkylation sites (tertiary alicyclic amines) is 1. The van der Waals surface area contributed by atoms with Crippen LogP contribution >= 0.6 is 0 Å². The maximum absolute atomic E-state index is 15.0. The number of carbonyl (C=O) groups excluding carboxylic acids is 9. The van der Waals surface area contributed by atoms with Crippen molar-refractivity contribution in [3.8, 4) is 5.75 Å². The molecule has 0 aliphatic carbocycles. The van der Waals surface area contributed by atoms with Crippen molar-refractivity contribution >= 4 is 64.1 Å². The third-order valence-corrected chi connectivity index (χ3v) is 13.0. The van der Waals surface area contributed by atoms with Crippen LogP contribution in [-0.2, 0) is 67.2 Å². The van der Waals surface area contributed by atoms with Gasteiger partial charge in [0.15, 0.2) is 6.17 Å². The lowest BCUT2D eigenvalue weighted by molar-refractivity contribution is -0.145. The van der Waals surface area contributed by atoms with Gasteiger partial charge in [-0.1, -0.05) is 74.5 Å². The summed E-state index contributed by atoms with van der Waals surface area (Å²) in [7, 11) is 1.12. The molecule has 8 atom stereocenters. The van der Waals surface area contributed by atoms with E-state index in [1.54, 1.807) is 80.6 Å². The molecule has 2 fully saturated rings. The Balaban J connectivity index is 1.29. The van der Waals surface area contributed by atoms with Crippen LogP contribution in [0.4, 0.5) is 0 Å². The Morgan fingerprint density at radius 3 is 2.14 bits per heavy atom. The number of hydrogen-bond acceptors (Lipinski definition) is 12. The molecule has 1 aromatic heterocycles. The standard InChI is InChI=1S/C50H59N9O12/c1-27(2)41-47(67)53-34(22-28-10-5-4-6-11-28)43(63)55-37(26-60)45(65)54-36(50(70)71-3)24-30-25-59(38-13-8-7-12-32(30)38)42(48(68)56-41)57-44(64)35(23-29-15-17-31(61)18-16-29)52-46(66)39-14-9-21-58(39)49(69)33-19-20-40(62)51-33/h4-8,10-13,15-18,25,27,33-37,39,41-42,60-61H,9,14,19-24,26H2,1-3H3,(H,51,62)(H,52,66)(H,53,67)(H,54,65)(H,55,63)(H,56,68)(H,57,64)/t33-,34-,35-,36+,37+,39-,41?,42+/m0/s1. The Hall–Kier alpha value is -7.81. The van der Waals surface area contributed by atoms with Crippen molar-refractivity contribution in [3.05, 3.63) is 102 Å². The zero-order chi connectivity index (χ0) is 50.9. The maximum Gasteiger partial charge on any atom is 0.328 e. The number of esters is 1. The number of benzene rings is 3. The number of hydrogen-bond donors (Lipinski definition) is 9. The Morgan fingerprint density at radius 2 is 1.46 bits per heavy atom. The van der Waals surface area contributed by atoms with E-state index in [-0.39, 0.29) is 56.7 Å². The third-order valence-electron chi connectivity index (χ3n) is 13.0. The van der Waals surface area contributed by atoms with E-state index in [1.165, 1.54) is 27.8 Å². The highest BCUT2D eigenvalue weighted by molar-refractivity contribution is 5.99. The summed E-state index contributed by atoms with van der Waals surface area (Å²) in [6.07, 6.45) is 0.546. The molecule has 4 heterocycles. The number of phenolic OH excluding ortho intramolecular Hbond substituents is 1. The van der Waals surface area contributed by atoms with Gasteiger partial charge < -0.3 is 61.6 Å². The number of aliphatic hydroxyl groups excluding tert-OH is 1. The molecule has 21 nitrogen and oxygen atoms in total. The van der Waals surface area contributed by atoms with Crippen molar-refractivity contribution in [2.45, 2.75) is 107 Å². The van der Waals surface area contributed by atoms with Gasteiger partial charge in [-0.3, -0.25) is 38.4 Å². The van der Waals surface area contributed by atoms with Crippen LogP contribution in [-0.4, -0.2) is 135 Å². The molecule has 8 amide bonds. The number of carbonyl (C=O) groups is 9. The fourth-order valence-electron chi connectivity index (χ4n) is 9.18. The van der Waals surface area contributed by atoms with Crippen LogP contribution in [0.1, 0.15) is 62.4 Å². The second-order valence-electron chi connectivity index (χ2n) is 18.3. The smallest absolute Gasteiger partial charge is 0.328 e.